The van der Waals surface area contributed by atoms with Crippen molar-refractivity contribution in [3.63, 3.8) is 0 Å². The second-order valence-electron chi connectivity index (χ2n) is 5.08. The number of aromatic nitrogens is 2. The highest BCUT2D eigenvalue weighted by atomic mass is 16.5. The van der Waals surface area contributed by atoms with E-state index in [9.17, 15) is 0 Å². The largest absolute Gasteiger partial charge is 0.382 e. The molecule has 2 rings (SSSR count). The van der Waals surface area contributed by atoms with Gasteiger partial charge in [-0.1, -0.05) is 12.8 Å². The summed E-state index contributed by atoms with van der Waals surface area (Å²) in [6.07, 6.45) is 8.44. The second kappa shape index (κ2) is 6.78. The van der Waals surface area contributed by atoms with Crippen LogP contribution in [0.3, 0.4) is 0 Å². The van der Waals surface area contributed by atoms with Gasteiger partial charge in [0.25, 0.3) is 0 Å². The van der Waals surface area contributed by atoms with E-state index in [0.29, 0.717) is 6.04 Å². The molecule has 1 saturated carbocycles. The maximum absolute atomic E-state index is 5.38. The van der Waals surface area contributed by atoms with Crippen LogP contribution in [0.2, 0.25) is 0 Å². The number of rotatable bonds is 7. The fourth-order valence-electron chi connectivity index (χ4n) is 2.57. The minimum atomic E-state index is 0.623. The summed E-state index contributed by atoms with van der Waals surface area (Å²) in [7, 11) is 0. The van der Waals surface area contributed by atoms with Crippen molar-refractivity contribution in [2.75, 3.05) is 18.5 Å². The van der Waals surface area contributed by atoms with Gasteiger partial charge >= 0.3 is 0 Å². The Morgan fingerprint density at radius 1 is 1.44 bits per heavy atom. The Balaban J connectivity index is 1.87. The molecule has 1 heterocycles. The molecule has 1 aliphatic carbocycles. The van der Waals surface area contributed by atoms with Crippen molar-refractivity contribution in [2.45, 2.75) is 58.5 Å². The molecule has 18 heavy (non-hydrogen) atoms. The summed E-state index contributed by atoms with van der Waals surface area (Å²) in [6, 6.07) is 0.623. The molecular weight excluding hydrogens is 226 g/mol. The number of hydrogen-bond acceptors (Lipinski definition) is 3. The standard InChI is InChI=1S/C14H25N3O/c1-3-18-10-6-9-17-11-12(2)15-14(17)16-13-7-4-5-8-13/h11,13H,3-10H2,1-2H3,(H,15,16). The van der Waals surface area contributed by atoms with E-state index in [-0.39, 0.29) is 0 Å². The zero-order valence-electron chi connectivity index (χ0n) is 11.6. The van der Waals surface area contributed by atoms with Gasteiger partial charge in [0.05, 0.1) is 5.69 Å². The van der Waals surface area contributed by atoms with Crippen LogP contribution in [-0.4, -0.2) is 28.8 Å². The van der Waals surface area contributed by atoms with Crippen LogP contribution in [0, 0.1) is 6.92 Å². The monoisotopic (exact) mass is 251 g/mol. The van der Waals surface area contributed by atoms with Crippen molar-refractivity contribution in [1.82, 2.24) is 9.55 Å². The normalized spacial score (nSPS) is 16.3. The van der Waals surface area contributed by atoms with E-state index in [4.69, 9.17) is 4.74 Å². The lowest BCUT2D eigenvalue weighted by molar-refractivity contribution is 0.142. The Hall–Kier alpha value is -1.03. The Kier molecular flexibility index (Phi) is 5.05. The van der Waals surface area contributed by atoms with Crippen LogP contribution < -0.4 is 5.32 Å². The predicted octanol–water partition coefficient (Wildman–Crippen LogP) is 2.97. The first kappa shape index (κ1) is 13.4. The molecule has 0 atom stereocenters. The minimum absolute atomic E-state index is 0.623. The summed E-state index contributed by atoms with van der Waals surface area (Å²) in [4.78, 5) is 4.58. The van der Waals surface area contributed by atoms with E-state index >= 15 is 0 Å². The van der Waals surface area contributed by atoms with Crippen LogP contribution in [-0.2, 0) is 11.3 Å². The molecule has 1 fully saturated rings. The van der Waals surface area contributed by atoms with Crippen molar-refractivity contribution in [2.24, 2.45) is 0 Å². The molecule has 0 bridgehead atoms. The van der Waals surface area contributed by atoms with Gasteiger partial charge in [0.2, 0.25) is 5.95 Å². The van der Waals surface area contributed by atoms with Gasteiger partial charge in [0, 0.05) is 32.0 Å². The average molecular weight is 251 g/mol. The summed E-state index contributed by atoms with van der Waals surface area (Å²) >= 11 is 0. The number of ether oxygens (including phenoxy) is 1. The summed E-state index contributed by atoms with van der Waals surface area (Å²) in [5.41, 5.74) is 1.09. The van der Waals surface area contributed by atoms with Gasteiger partial charge in [-0.2, -0.15) is 0 Å². The Labute approximate surface area is 110 Å². The lowest BCUT2D eigenvalue weighted by atomic mass is 10.2. The first-order valence-electron chi connectivity index (χ1n) is 7.17. The molecular formula is C14H25N3O. The zero-order valence-corrected chi connectivity index (χ0v) is 11.6. The molecule has 0 amide bonds. The summed E-state index contributed by atoms with van der Waals surface area (Å²) < 4.78 is 7.61. The maximum Gasteiger partial charge on any atom is 0.203 e. The molecule has 1 N–H and O–H groups in total. The lowest BCUT2D eigenvalue weighted by Crippen LogP contribution is -2.18. The fourth-order valence-corrected chi connectivity index (χ4v) is 2.57. The van der Waals surface area contributed by atoms with Gasteiger partial charge in [-0.15, -0.1) is 0 Å². The van der Waals surface area contributed by atoms with Crippen LogP contribution in [0.5, 0.6) is 0 Å². The molecule has 1 aliphatic rings. The van der Waals surface area contributed by atoms with E-state index in [2.05, 4.69) is 28.0 Å². The Bertz CT molecular complexity index is 356. The van der Waals surface area contributed by atoms with Crippen LogP contribution >= 0.6 is 0 Å². The third-order valence-corrected chi connectivity index (χ3v) is 3.48. The van der Waals surface area contributed by atoms with E-state index in [1.54, 1.807) is 0 Å². The fraction of sp³-hybridized carbons (Fsp3) is 0.786. The average Bonchev–Trinajstić information content (AvgIpc) is 2.96. The molecule has 1 aromatic rings. The maximum atomic E-state index is 5.38. The molecule has 0 radical (unpaired) electrons. The Morgan fingerprint density at radius 3 is 2.94 bits per heavy atom. The number of nitrogens with one attached hydrogen (secondary N) is 1. The molecule has 0 saturated heterocycles. The van der Waals surface area contributed by atoms with Crippen LogP contribution in [0.25, 0.3) is 0 Å². The van der Waals surface area contributed by atoms with E-state index in [1.807, 2.05) is 6.92 Å². The van der Waals surface area contributed by atoms with E-state index in [1.165, 1.54) is 25.7 Å². The van der Waals surface area contributed by atoms with Gasteiger partial charge in [-0.3, -0.25) is 0 Å². The summed E-state index contributed by atoms with van der Waals surface area (Å²) in [5, 5.41) is 3.58. The van der Waals surface area contributed by atoms with Gasteiger partial charge < -0.3 is 14.6 Å². The minimum Gasteiger partial charge on any atom is -0.382 e. The van der Waals surface area contributed by atoms with Gasteiger partial charge in [-0.05, 0) is 33.1 Å². The molecule has 0 spiro atoms. The molecule has 0 aliphatic heterocycles. The molecule has 1 aromatic heterocycles. The molecule has 0 aromatic carbocycles. The van der Waals surface area contributed by atoms with Gasteiger partial charge in [-0.25, -0.2) is 4.98 Å². The topological polar surface area (TPSA) is 39.1 Å². The van der Waals surface area contributed by atoms with Gasteiger partial charge in [0.15, 0.2) is 0 Å². The molecule has 0 unspecified atom stereocenters. The van der Waals surface area contributed by atoms with E-state index in [0.717, 1.165) is 37.8 Å². The van der Waals surface area contributed by atoms with Crippen molar-refractivity contribution in [1.29, 1.82) is 0 Å². The highest BCUT2D eigenvalue weighted by Gasteiger charge is 2.16. The van der Waals surface area contributed by atoms with Gasteiger partial charge in [0.1, 0.15) is 0 Å². The third kappa shape index (κ3) is 3.73. The predicted molar refractivity (Wildman–Crippen MR) is 74.0 cm³/mol. The smallest absolute Gasteiger partial charge is 0.203 e. The SMILES string of the molecule is CCOCCCn1cc(C)nc1NC1CCCC1. The van der Waals surface area contributed by atoms with E-state index < -0.39 is 0 Å². The Morgan fingerprint density at radius 2 is 2.22 bits per heavy atom. The third-order valence-electron chi connectivity index (χ3n) is 3.48. The first-order chi connectivity index (χ1) is 8.79. The highest BCUT2D eigenvalue weighted by Crippen LogP contribution is 2.22. The summed E-state index contributed by atoms with van der Waals surface area (Å²) in [6.45, 7) is 6.70. The number of anilines is 1. The second-order valence-corrected chi connectivity index (χ2v) is 5.08. The van der Waals surface area contributed by atoms with Crippen LogP contribution in [0.1, 0.15) is 44.7 Å². The first-order valence-corrected chi connectivity index (χ1v) is 7.17. The summed E-state index contributed by atoms with van der Waals surface area (Å²) in [5.74, 6) is 1.04. The van der Waals surface area contributed by atoms with Crippen LogP contribution in [0.4, 0.5) is 5.95 Å². The molecule has 102 valence electrons. The molecule has 4 nitrogen and oxygen atoms in total. The highest BCUT2D eigenvalue weighted by molar-refractivity contribution is 5.30. The van der Waals surface area contributed by atoms with Crippen molar-refractivity contribution in [3.05, 3.63) is 11.9 Å². The number of aryl methyl sites for hydroxylation is 2. The van der Waals surface area contributed by atoms with Crippen LogP contribution in [0.15, 0.2) is 6.20 Å². The molecule has 4 heteroatoms. The lowest BCUT2D eigenvalue weighted by Gasteiger charge is -2.14. The number of nitrogens with zero attached hydrogens (tertiary/aromatic N) is 2. The van der Waals surface area contributed by atoms with Crippen molar-refractivity contribution >= 4 is 5.95 Å². The zero-order chi connectivity index (χ0) is 12.8. The number of imidazole rings is 1. The quantitative estimate of drug-likeness (QED) is 0.757. The van der Waals surface area contributed by atoms with Crippen molar-refractivity contribution < 1.29 is 4.74 Å². The van der Waals surface area contributed by atoms with Crippen molar-refractivity contribution in [3.8, 4) is 0 Å². The number of hydrogen-bond donors (Lipinski definition) is 1.